The molecule has 0 bridgehead atoms. The summed E-state index contributed by atoms with van der Waals surface area (Å²) in [6.07, 6.45) is 3.59. The molecule has 2 aromatic rings. The lowest BCUT2D eigenvalue weighted by Crippen LogP contribution is -2.55. The van der Waals surface area contributed by atoms with Gasteiger partial charge < -0.3 is 35.0 Å². The highest BCUT2D eigenvalue weighted by Gasteiger charge is 2.51. The largest absolute Gasteiger partial charge is 0.493 e. The number of benzene rings is 2. The molecule has 4 N–H and O–H groups in total. The number of allylic oxidation sites excluding steroid dienone is 1. The van der Waals surface area contributed by atoms with Crippen LogP contribution < -0.4 is 14.8 Å². The molecule has 9 nitrogen and oxygen atoms in total. The molecule has 0 aromatic heterocycles. The molecule has 0 radical (unpaired) electrons. The third-order valence-electron chi connectivity index (χ3n) is 7.58. The highest BCUT2D eigenvalue weighted by atomic mass is 35.5. The number of hydrogen-bond donors (Lipinski definition) is 4. The van der Waals surface area contributed by atoms with Gasteiger partial charge in [-0.1, -0.05) is 35.3 Å². The molecule has 0 spiro atoms. The summed E-state index contributed by atoms with van der Waals surface area (Å²) in [5, 5.41) is 34.5. The fraction of sp³-hybridized carbons (Fsp3) is 0.419. The first-order valence-corrected chi connectivity index (χ1v) is 14.6. The van der Waals surface area contributed by atoms with Gasteiger partial charge in [0.1, 0.15) is 12.2 Å². The lowest BCUT2D eigenvalue weighted by Gasteiger charge is -2.41. The zero-order valence-electron chi connectivity index (χ0n) is 23.4. The second kappa shape index (κ2) is 14.4. The summed E-state index contributed by atoms with van der Waals surface area (Å²) < 4.78 is 11.8. The van der Waals surface area contributed by atoms with Gasteiger partial charge in [0.15, 0.2) is 11.5 Å². The molecule has 2 aliphatic rings. The average molecular weight is 620 g/mol. The lowest BCUT2D eigenvalue weighted by molar-refractivity contribution is -0.138. The highest BCUT2D eigenvalue weighted by molar-refractivity contribution is 6.35. The molecule has 2 aromatic carbocycles. The van der Waals surface area contributed by atoms with Crippen molar-refractivity contribution in [2.75, 3.05) is 20.3 Å². The number of unbranched alkanes of at least 4 members (excludes halogenated alkanes) is 2. The number of rotatable bonds is 13. The topological polar surface area (TPSA) is 129 Å². The third kappa shape index (κ3) is 6.76. The number of nitrogens with zero attached hydrogens (tertiary/aromatic N) is 1. The normalized spacial score (nSPS) is 20.6. The summed E-state index contributed by atoms with van der Waals surface area (Å²) in [6.45, 7) is 3.28. The minimum absolute atomic E-state index is 0.0147. The van der Waals surface area contributed by atoms with E-state index >= 15 is 0 Å². The van der Waals surface area contributed by atoms with Gasteiger partial charge in [-0.15, -0.1) is 6.58 Å². The molecular formula is C31H36Cl2N2O7. The molecule has 4 unspecified atom stereocenters. The van der Waals surface area contributed by atoms with Crippen molar-refractivity contribution < 1.29 is 34.4 Å². The Kier molecular flexibility index (Phi) is 10.9. The number of fused-ring (bicyclic) bond motifs is 3. The number of methoxy groups -OCH3 is 1. The van der Waals surface area contributed by atoms with Crippen LogP contribution in [0, 0.1) is 0 Å². The van der Waals surface area contributed by atoms with E-state index in [4.69, 9.17) is 32.7 Å². The van der Waals surface area contributed by atoms with Crippen molar-refractivity contribution in [2.45, 2.75) is 63.0 Å². The van der Waals surface area contributed by atoms with E-state index in [1.165, 1.54) is 12.0 Å². The number of carbonyl (C=O) groups is 2. The van der Waals surface area contributed by atoms with Gasteiger partial charge >= 0.3 is 0 Å². The molecule has 11 heteroatoms. The molecular weight excluding hydrogens is 583 g/mol. The number of aliphatic hydroxyl groups is 3. The van der Waals surface area contributed by atoms with Crippen LogP contribution in [0.1, 0.15) is 48.3 Å². The summed E-state index contributed by atoms with van der Waals surface area (Å²) in [5.41, 5.74) is 2.02. The zero-order valence-corrected chi connectivity index (χ0v) is 24.9. The summed E-state index contributed by atoms with van der Waals surface area (Å²) in [5.74, 6) is -0.700. The van der Waals surface area contributed by atoms with Crippen LogP contribution in [0.5, 0.6) is 11.5 Å². The van der Waals surface area contributed by atoms with Crippen LogP contribution in [0.2, 0.25) is 10.0 Å². The minimum atomic E-state index is -1.23. The molecule has 0 saturated carbocycles. The Balaban J connectivity index is 1.79. The summed E-state index contributed by atoms with van der Waals surface area (Å²) in [6, 6.07) is 7.40. The predicted molar refractivity (Wildman–Crippen MR) is 160 cm³/mol. The Bertz CT molecular complexity index is 1350. The van der Waals surface area contributed by atoms with Gasteiger partial charge in [0.25, 0.3) is 0 Å². The smallest absolute Gasteiger partial charge is 0.247 e. The van der Waals surface area contributed by atoms with Crippen molar-refractivity contribution in [3.8, 4) is 11.5 Å². The molecule has 2 amide bonds. The van der Waals surface area contributed by atoms with Gasteiger partial charge in [-0.25, -0.2) is 0 Å². The van der Waals surface area contributed by atoms with E-state index in [0.717, 1.165) is 12.8 Å². The number of nitrogens with one attached hydrogen (secondary N) is 1. The van der Waals surface area contributed by atoms with Crippen molar-refractivity contribution in [3.05, 3.63) is 81.4 Å². The number of ether oxygens (including phenoxy) is 2. The van der Waals surface area contributed by atoms with E-state index in [-0.39, 0.29) is 44.2 Å². The fourth-order valence-electron chi connectivity index (χ4n) is 5.52. The van der Waals surface area contributed by atoms with Gasteiger partial charge in [-0.3, -0.25) is 9.59 Å². The van der Waals surface area contributed by atoms with Crippen molar-refractivity contribution in [3.63, 3.8) is 0 Å². The van der Waals surface area contributed by atoms with Gasteiger partial charge in [0.2, 0.25) is 11.8 Å². The number of halogens is 2. The van der Waals surface area contributed by atoms with Crippen molar-refractivity contribution >= 4 is 35.0 Å². The summed E-state index contributed by atoms with van der Waals surface area (Å²) in [7, 11) is 1.47. The van der Waals surface area contributed by atoms with Crippen molar-refractivity contribution in [1.82, 2.24) is 10.2 Å². The van der Waals surface area contributed by atoms with E-state index in [1.807, 2.05) is 0 Å². The first-order valence-electron chi connectivity index (χ1n) is 13.8. The van der Waals surface area contributed by atoms with Crippen LogP contribution >= 0.6 is 23.2 Å². The molecule has 0 fully saturated rings. The molecule has 4 atom stereocenters. The minimum Gasteiger partial charge on any atom is -0.493 e. The average Bonchev–Trinajstić information content (AvgIpc) is 3.37. The van der Waals surface area contributed by atoms with E-state index in [0.29, 0.717) is 44.7 Å². The van der Waals surface area contributed by atoms with Gasteiger partial charge in [0.05, 0.1) is 32.3 Å². The molecule has 1 aliphatic heterocycles. The summed E-state index contributed by atoms with van der Waals surface area (Å²) in [4.78, 5) is 28.8. The maximum Gasteiger partial charge on any atom is 0.247 e. The first-order chi connectivity index (χ1) is 20.2. The second-order valence-electron chi connectivity index (χ2n) is 10.3. The molecule has 226 valence electrons. The molecule has 1 aliphatic carbocycles. The Morgan fingerprint density at radius 1 is 1.19 bits per heavy atom. The van der Waals surface area contributed by atoms with E-state index in [2.05, 4.69) is 11.9 Å². The van der Waals surface area contributed by atoms with E-state index in [9.17, 15) is 24.9 Å². The summed E-state index contributed by atoms with van der Waals surface area (Å²) >= 11 is 12.6. The van der Waals surface area contributed by atoms with Gasteiger partial charge in [-0.2, -0.15) is 0 Å². The number of hydrogen-bond acceptors (Lipinski definition) is 7. The Labute approximate surface area is 255 Å². The van der Waals surface area contributed by atoms with Crippen LogP contribution in [0.3, 0.4) is 0 Å². The van der Waals surface area contributed by atoms with E-state index in [1.54, 1.807) is 42.5 Å². The van der Waals surface area contributed by atoms with Crippen molar-refractivity contribution in [2.24, 2.45) is 0 Å². The quantitative estimate of drug-likeness (QED) is 0.198. The first kappa shape index (κ1) is 31.8. The number of carbonyl (C=O) groups excluding carboxylic acids is 2. The zero-order chi connectivity index (χ0) is 30.4. The van der Waals surface area contributed by atoms with Crippen LogP contribution in [0.4, 0.5) is 0 Å². The molecule has 0 saturated heterocycles. The van der Waals surface area contributed by atoms with Crippen LogP contribution in [0.15, 0.2) is 54.6 Å². The number of aliphatic hydroxyl groups excluding tert-OH is 3. The molecule has 42 heavy (non-hydrogen) atoms. The maximum absolute atomic E-state index is 13.7. The van der Waals surface area contributed by atoms with Crippen LogP contribution in [0.25, 0.3) is 0 Å². The SMILES string of the molecule is C=CCCCCC(=O)N(Cc1ccc(Cl)cc1Cl)C1C=C(C(=O)NCCO)C2c3cc(CO)cc(OC)c3OC2C1O. The Morgan fingerprint density at radius 3 is 2.64 bits per heavy atom. The highest BCUT2D eigenvalue weighted by Crippen LogP contribution is 2.51. The predicted octanol–water partition coefficient (Wildman–Crippen LogP) is 3.89. The standard InChI is InChI=1S/C31H36Cl2N2O7/c1-3-4-5-6-7-26(38)35(16-19-8-9-20(32)14-23(19)33)24-15-22(31(40)34-10-11-36)27-21-12-18(17-37)13-25(41-2)29(21)42-30(27)28(24)39/h3,8-9,12-15,24,27-28,30,36-37,39H,1,4-7,10-11,16-17H2,2H3,(H,34,40). The molecule has 1 heterocycles. The molecule has 4 rings (SSSR count). The maximum atomic E-state index is 13.7. The Hall–Kier alpha value is -3.08. The van der Waals surface area contributed by atoms with Crippen LogP contribution in [-0.4, -0.2) is 70.5 Å². The number of amides is 2. The lowest BCUT2D eigenvalue weighted by atomic mass is 9.77. The monoisotopic (exact) mass is 618 g/mol. The Morgan fingerprint density at radius 2 is 1.98 bits per heavy atom. The third-order valence-corrected chi connectivity index (χ3v) is 8.17. The fourth-order valence-corrected chi connectivity index (χ4v) is 5.99. The van der Waals surface area contributed by atoms with Gasteiger partial charge in [0, 0.05) is 40.7 Å². The van der Waals surface area contributed by atoms with Crippen LogP contribution in [-0.2, 0) is 22.7 Å². The van der Waals surface area contributed by atoms with E-state index < -0.39 is 30.1 Å². The van der Waals surface area contributed by atoms with Gasteiger partial charge in [-0.05, 0) is 60.7 Å². The second-order valence-corrected chi connectivity index (χ2v) is 11.2. The van der Waals surface area contributed by atoms with Crippen molar-refractivity contribution in [1.29, 1.82) is 0 Å².